The minimum Gasteiger partial charge on any atom is -0.333 e. The molecule has 5 nitrogen and oxygen atoms in total. The second-order valence-corrected chi connectivity index (χ2v) is 6.56. The maximum Gasteiger partial charge on any atom is 0.238 e. The van der Waals surface area contributed by atoms with E-state index in [2.05, 4.69) is 11.1 Å². The van der Waals surface area contributed by atoms with Gasteiger partial charge in [0.25, 0.3) is 0 Å². The molecule has 0 amide bonds. The highest BCUT2D eigenvalue weighted by Gasteiger charge is 2.16. The molecule has 0 radical (unpaired) electrons. The summed E-state index contributed by atoms with van der Waals surface area (Å²) >= 11 is 0. The molecule has 0 spiro atoms. The van der Waals surface area contributed by atoms with Crippen molar-refractivity contribution in [2.75, 3.05) is 0 Å². The lowest BCUT2D eigenvalue weighted by Crippen LogP contribution is -2.04. The van der Waals surface area contributed by atoms with Gasteiger partial charge in [0, 0.05) is 23.7 Å². The number of benzene rings is 2. The molecule has 0 saturated carbocycles. The average Bonchev–Trinajstić information content (AvgIpc) is 3.24. The standard InChI is InChI=1S/C21H16FN5/c1-13-11-16-19(14-7-9-15(22)10-8-14)24-21(25-20(16)26(13)2)27-12-23-17-5-3-4-6-18(17)27/h3-12H,1-2H3. The quantitative estimate of drug-likeness (QED) is 0.470. The number of fused-ring (bicyclic) bond motifs is 2. The van der Waals surface area contributed by atoms with Crippen LogP contribution in [0.3, 0.4) is 0 Å². The maximum absolute atomic E-state index is 13.4. The van der Waals surface area contributed by atoms with Gasteiger partial charge in [-0.1, -0.05) is 12.1 Å². The molecule has 3 aromatic heterocycles. The van der Waals surface area contributed by atoms with Crippen molar-refractivity contribution in [3.8, 4) is 17.2 Å². The summed E-state index contributed by atoms with van der Waals surface area (Å²) in [5, 5.41) is 0.940. The number of para-hydroxylation sites is 2. The molecule has 0 fully saturated rings. The third-order valence-corrected chi connectivity index (χ3v) is 4.90. The Bertz CT molecular complexity index is 1300. The number of aromatic nitrogens is 5. The third kappa shape index (κ3) is 2.41. The van der Waals surface area contributed by atoms with Crippen LogP contribution in [0.2, 0.25) is 0 Å². The van der Waals surface area contributed by atoms with E-state index in [1.807, 2.05) is 47.4 Å². The third-order valence-electron chi connectivity index (χ3n) is 4.90. The maximum atomic E-state index is 13.4. The second kappa shape index (κ2) is 5.74. The topological polar surface area (TPSA) is 48.5 Å². The molecule has 0 unspecified atom stereocenters. The molecule has 0 saturated heterocycles. The molecule has 0 atom stereocenters. The second-order valence-electron chi connectivity index (χ2n) is 6.56. The van der Waals surface area contributed by atoms with Gasteiger partial charge < -0.3 is 4.57 Å². The van der Waals surface area contributed by atoms with Gasteiger partial charge in [0.15, 0.2) is 0 Å². The number of hydrogen-bond acceptors (Lipinski definition) is 3. The van der Waals surface area contributed by atoms with E-state index in [1.54, 1.807) is 18.5 Å². The zero-order valence-electron chi connectivity index (χ0n) is 14.9. The molecule has 6 heteroatoms. The van der Waals surface area contributed by atoms with Gasteiger partial charge in [0.2, 0.25) is 5.95 Å². The molecule has 5 rings (SSSR count). The summed E-state index contributed by atoms with van der Waals surface area (Å²) in [7, 11) is 1.98. The van der Waals surface area contributed by atoms with Gasteiger partial charge in [0.05, 0.1) is 16.7 Å². The number of halogens is 1. The molecule has 0 bridgehead atoms. The van der Waals surface area contributed by atoms with Crippen LogP contribution < -0.4 is 0 Å². The van der Waals surface area contributed by atoms with Crippen molar-refractivity contribution >= 4 is 22.1 Å². The Kier molecular flexibility index (Phi) is 3.33. The predicted octanol–water partition coefficient (Wildman–Crippen LogP) is 4.42. The fourth-order valence-corrected chi connectivity index (χ4v) is 3.36. The summed E-state index contributed by atoms with van der Waals surface area (Å²) < 4.78 is 17.3. The van der Waals surface area contributed by atoms with Crippen LogP contribution >= 0.6 is 0 Å². The van der Waals surface area contributed by atoms with Gasteiger partial charge in [-0.3, -0.25) is 4.57 Å². The van der Waals surface area contributed by atoms with Crippen LogP contribution in [0.1, 0.15) is 5.69 Å². The van der Waals surface area contributed by atoms with Crippen LogP contribution in [0, 0.1) is 12.7 Å². The number of imidazole rings is 1. The number of nitrogens with zero attached hydrogens (tertiary/aromatic N) is 5. The van der Waals surface area contributed by atoms with Crippen LogP contribution in [-0.4, -0.2) is 24.1 Å². The van der Waals surface area contributed by atoms with Crippen LogP contribution in [0.25, 0.3) is 39.3 Å². The molecular formula is C21H16FN5. The van der Waals surface area contributed by atoms with E-state index in [0.29, 0.717) is 5.95 Å². The van der Waals surface area contributed by atoms with Crippen molar-refractivity contribution in [3.63, 3.8) is 0 Å². The zero-order valence-corrected chi connectivity index (χ0v) is 14.9. The molecule has 132 valence electrons. The first-order valence-electron chi connectivity index (χ1n) is 8.64. The largest absolute Gasteiger partial charge is 0.333 e. The first kappa shape index (κ1) is 15.7. The van der Waals surface area contributed by atoms with E-state index in [9.17, 15) is 4.39 Å². The SMILES string of the molecule is Cc1cc2c(-c3ccc(F)cc3)nc(-n3cnc4ccccc43)nc2n1C. The van der Waals surface area contributed by atoms with E-state index in [-0.39, 0.29) is 5.82 Å². The van der Waals surface area contributed by atoms with Crippen LogP contribution in [0.5, 0.6) is 0 Å². The molecule has 0 N–H and O–H groups in total. The van der Waals surface area contributed by atoms with Crippen molar-refractivity contribution in [1.29, 1.82) is 0 Å². The highest BCUT2D eigenvalue weighted by molar-refractivity contribution is 5.92. The first-order valence-corrected chi connectivity index (χ1v) is 8.64. The monoisotopic (exact) mass is 357 g/mol. The van der Waals surface area contributed by atoms with Gasteiger partial charge in [-0.25, -0.2) is 14.4 Å². The minimum atomic E-state index is -0.269. The van der Waals surface area contributed by atoms with Crippen molar-refractivity contribution in [3.05, 3.63) is 72.4 Å². The van der Waals surface area contributed by atoms with Gasteiger partial charge in [-0.2, -0.15) is 4.98 Å². The van der Waals surface area contributed by atoms with E-state index >= 15 is 0 Å². The Labute approximate surface area is 154 Å². The zero-order chi connectivity index (χ0) is 18.5. The van der Waals surface area contributed by atoms with Gasteiger partial charge >= 0.3 is 0 Å². The van der Waals surface area contributed by atoms with Crippen molar-refractivity contribution in [2.45, 2.75) is 6.92 Å². The molecule has 27 heavy (non-hydrogen) atoms. The van der Waals surface area contributed by atoms with Gasteiger partial charge in [-0.05, 0) is 49.4 Å². The Morgan fingerprint density at radius 3 is 2.56 bits per heavy atom. The van der Waals surface area contributed by atoms with Crippen molar-refractivity contribution in [1.82, 2.24) is 24.1 Å². The van der Waals surface area contributed by atoms with Gasteiger partial charge in [0.1, 0.15) is 17.8 Å². The molecule has 0 aliphatic rings. The summed E-state index contributed by atoms with van der Waals surface area (Å²) in [6, 6.07) is 16.3. The summed E-state index contributed by atoms with van der Waals surface area (Å²) in [5.74, 6) is 0.269. The smallest absolute Gasteiger partial charge is 0.238 e. The van der Waals surface area contributed by atoms with E-state index < -0.39 is 0 Å². The highest BCUT2D eigenvalue weighted by Crippen LogP contribution is 2.29. The van der Waals surface area contributed by atoms with Crippen LogP contribution in [0.15, 0.2) is 60.9 Å². The number of hydrogen-bond donors (Lipinski definition) is 0. The van der Waals surface area contributed by atoms with Gasteiger partial charge in [-0.15, -0.1) is 0 Å². The summed E-state index contributed by atoms with van der Waals surface area (Å²) in [4.78, 5) is 14.1. The van der Waals surface area contributed by atoms with E-state index in [4.69, 9.17) is 9.97 Å². The minimum absolute atomic E-state index is 0.269. The summed E-state index contributed by atoms with van der Waals surface area (Å²) in [6.45, 7) is 2.03. The molecule has 0 aliphatic heterocycles. The Morgan fingerprint density at radius 1 is 0.963 bits per heavy atom. The predicted molar refractivity (Wildman–Crippen MR) is 103 cm³/mol. The Morgan fingerprint density at radius 2 is 1.74 bits per heavy atom. The lowest BCUT2D eigenvalue weighted by molar-refractivity contribution is 0.628. The van der Waals surface area contributed by atoms with Crippen molar-refractivity contribution in [2.24, 2.45) is 7.05 Å². The molecule has 5 aromatic rings. The molecule has 0 aliphatic carbocycles. The Balaban J connectivity index is 1.84. The summed E-state index contributed by atoms with van der Waals surface area (Å²) in [6.07, 6.45) is 1.73. The molecule has 2 aromatic carbocycles. The fraction of sp³-hybridized carbons (Fsp3) is 0.0952. The van der Waals surface area contributed by atoms with Crippen LogP contribution in [0.4, 0.5) is 4.39 Å². The Hall–Kier alpha value is -3.54. The van der Waals surface area contributed by atoms with Crippen molar-refractivity contribution < 1.29 is 4.39 Å². The normalized spacial score (nSPS) is 11.5. The first-order chi connectivity index (χ1) is 13.1. The molecule has 3 heterocycles. The average molecular weight is 357 g/mol. The van der Waals surface area contributed by atoms with E-state index in [1.165, 1.54) is 12.1 Å². The number of rotatable bonds is 2. The lowest BCUT2D eigenvalue weighted by atomic mass is 10.1. The molecular weight excluding hydrogens is 341 g/mol. The lowest BCUT2D eigenvalue weighted by Gasteiger charge is -2.09. The number of aryl methyl sites for hydroxylation is 2. The van der Waals surface area contributed by atoms with Crippen LogP contribution in [-0.2, 0) is 7.05 Å². The van der Waals surface area contributed by atoms with E-state index in [0.717, 1.165) is 39.0 Å². The fourth-order valence-electron chi connectivity index (χ4n) is 3.36. The highest BCUT2D eigenvalue weighted by atomic mass is 19.1. The summed E-state index contributed by atoms with van der Waals surface area (Å²) in [5.41, 5.74) is 5.35.